The highest BCUT2D eigenvalue weighted by Crippen LogP contribution is 2.33. The molecule has 2 aliphatic rings. The zero-order chi connectivity index (χ0) is 13.9. The van der Waals surface area contributed by atoms with Crippen LogP contribution >= 0.6 is 0 Å². The molecule has 4 nitrogen and oxygen atoms in total. The van der Waals surface area contributed by atoms with Crippen molar-refractivity contribution in [1.29, 1.82) is 0 Å². The standard InChI is InChI=1S/C16H19NO3/c18-15-14(13-9-5-2-6-10-13)17(16(19)20-15)11-12-7-3-1-4-8-12/h1,3-4,7-8,13-14H,2,5-6,9-11H2. The summed E-state index contributed by atoms with van der Waals surface area (Å²) in [6, 6.07) is 9.36. The highest BCUT2D eigenvalue weighted by molar-refractivity contribution is 5.95. The lowest BCUT2D eigenvalue weighted by Gasteiger charge is -2.30. The van der Waals surface area contributed by atoms with E-state index >= 15 is 0 Å². The Labute approximate surface area is 118 Å². The largest absolute Gasteiger partial charge is 0.418 e. The van der Waals surface area contributed by atoms with E-state index < -0.39 is 6.09 Å². The van der Waals surface area contributed by atoms with Crippen LogP contribution in [0, 0.1) is 5.92 Å². The van der Waals surface area contributed by atoms with E-state index in [-0.39, 0.29) is 17.9 Å². The van der Waals surface area contributed by atoms with Crippen LogP contribution in [0.5, 0.6) is 0 Å². The Morgan fingerprint density at radius 2 is 1.75 bits per heavy atom. The smallest absolute Gasteiger partial charge is 0.375 e. The summed E-state index contributed by atoms with van der Waals surface area (Å²) in [7, 11) is 0. The lowest BCUT2D eigenvalue weighted by atomic mass is 9.83. The summed E-state index contributed by atoms with van der Waals surface area (Å²) in [6.45, 7) is 0.451. The topological polar surface area (TPSA) is 46.6 Å². The van der Waals surface area contributed by atoms with Crippen molar-refractivity contribution in [3.05, 3.63) is 35.9 Å². The minimum atomic E-state index is -0.491. The van der Waals surface area contributed by atoms with E-state index in [1.165, 1.54) is 6.42 Å². The van der Waals surface area contributed by atoms with Crippen molar-refractivity contribution >= 4 is 12.1 Å². The van der Waals surface area contributed by atoms with Gasteiger partial charge in [-0.05, 0) is 24.3 Å². The first kappa shape index (κ1) is 13.2. The minimum Gasteiger partial charge on any atom is -0.375 e. The van der Waals surface area contributed by atoms with Crippen LogP contribution in [0.3, 0.4) is 0 Å². The molecule has 1 aliphatic heterocycles. The fourth-order valence-electron chi connectivity index (χ4n) is 3.29. The number of carbonyl (C=O) groups excluding carboxylic acids is 2. The number of esters is 1. The van der Waals surface area contributed by atoms with Gasteiger partial charge in [0.1, 0.15) is 6.04 Å². The molecule has 1 saturated carbocycles. The maximum absolute atomic E-state index is 12.0. The predicted octanol–water partition coefficient (Wildman–Crippen LogP) is 3.11. The van der Waals surface area contributed by atoms with E-state index in [1.807, 2.05) is 30.3 Å². The summed E-state index contributed by atoms with van der Waals surface area (Å²) < 4.78 is 4.86. The van der Waals surface area contributed by atoms with Gasteiger partial charge in [-0.15, -0.1) is 0 Å². The maximum Gasteiger partial charge on any atom is 0.418 e. The molecular formula is C16H19NO3. The predicted molar refractivity (Wildman–Crippen MR) is 73.8 cm³/mol. The van der Waals surface area contributed by atoms with Gasteiger partial charge in [0, 0.05) is 6.54 Å². The second-order valence-corrected chi connectivity index (χ2v) is 5.64. The molecule has 4 heteroatoms. The first-order valence-electron chi connectivity index (χ1n) is 7.32. The Bertz CT molecular complexity index is 494. The number of hydrogen-bond donors (Lipinski definition) is 0. The molecule has 1 aliphatic carbocycles. The quantitative estimate of drug-likeness (QED) is 0.628. The Morgan fingerprint density at radius 1 is 1.05 bits per heavy atom. The van der Waals surface area contributed by atoms with Crippen LogP contribution in [-0.4, -0.2) is 23.0 Å². The molecule has 0 radical (unpaired) electrons. The number of rotatable bonds is 3. The highest BCUT2D eigenvalue weighted by atomic mass is 16.6. The number of benzene rings is 1. The third kappa shape index (κ3) is 2.55. The maximum atomic E-state index is 12.0. The lowest BCUT2D eigenvalue weighted by molar-refractivity contribution is -0.137. The van der Waals surface area contributed by atoms with Crippen LogP contribution < -0.4 is 0 Å². The van der Waals surface area contributed by atoms with Gasteiger partial charge in [-0.2, -0.15) is 0 Å². The first-order chi connectivity index (χ1) is 9.75. The number of nitrogens with zero attached hydrogens (tertiary/aromatic N) is 1. The average molecular weight is 273 g/mol. The molecule has 1 atom stereocenters. The Kier molecular flexibility index (Phi) is 3.72. The van der Waals surface area contributed by atoms with Crippen LogP contribution in [0.2, 0.25) is 0 Å². The summed E-state index contributed by atoms with van der Waals surface area (Å²) >= 11 is 0. The second-order valence-electron chi connectivity index (χ2n) is 5.64. The lowest BCUT2D eigenvalue weighted by Crippen LogP contribution is -2.41. The van der Waals surface area contributed by atoms with Crippen LogP contribution in [0.4, 0.5) is 4.79 Å². The molecule has 0 spiro atoms. The fraction of sp³-hybridized carbons (Fsp3) is 0.500. The summed E-state index contributed by atoms with van der Waals surface area (Å²) in [4.78, 5) is 25.5. The van der Waals surface area contributed by atoms with Gasteiger partial charge in [-0.25, -0.2) is 9.59 Å². The fourth-order valence-corrected chi connectivity index (χ4v) is 3.29. The zero-order valence-corrected chi connectivity index (χ0v) is 11.5. The summed E-state index contributed by atoms with van der Waals surface area (Å²) in [5.41, 5.74) is 1.03. The van der Waals surface area contributed by atoms with Crippen molar-refractivity contribution < 1.29 is 14.3 Å². The zero-order valence-electron chi connectivity index (χ0n) is 11.5. The van der Waals surface area contributed by atoms with Crippen molar-refractivity contribution in [2.45, 2.75) is 44.7 Å². The van der Waals surface area contributed by atoms with Gasteiger partial charge in [-0.1, -0.05) is 49.6 Å². The number of ether oxygens (including phenoxy) is 1. The van der Waals surface area contributed by atoms with Crippen molar-refractivity contribution in [2.75, 3.05) is 0 Å². The monoisotopic (exact) mass is 273 g/mol. The van der Waals surface area contributed by atoms with Crippen molar-refractivity contribution in [2.24, 2.45) is 5.92 Å². The van der Waals surface area contributed by atoms with E-state index in [0.29, 0.717) is 6.54 Å². The minimum absolute atomic E-state index is 0.256. The van der Waals surface area contributed by atoms with Gasteiger partial charge in [0.05, 0.1) is 0 Å². The number of carbonyl (C=O) groups is 2. The van der Waals surface area contributed by atoms with Crippen molar-refractivity contribution in [1.82, 2.24) is 4.90 Å². The number of hydrogen-bond acceptors (Lipinski definition) is 3. The van der Waals surface area contributed by atoms with Crippen LogP contribution in [0.25, 0.3) is 0 Å². The summed E-state index contributed by atoms with van der Waals surface area (Å²) in [5, 5.41) is 0. The van der Waals surface area contributed by atoms with Crippen molar-refractivity contribution in [3.8, 4) is 0 Å². The van der Waals surface area contributed by atoms with Crippen LogP contribution in [0.15, 0.2) is 30.3 Å². The molecule has 1 unspecified atom stereocenters. The van der Waals surface area contributed by atoms with E-state index in [0.717, 1.165) is 31.2 Å². The molecule has 20 heavy (non-hydrogen) atoms. The molecule has 0 bridgehead atoms. The Morgan fingerprint density at radius 3 is 2.45 bits per heavy atom. The molecule has 0 aromatic heterocycles. The molecule has 2 fully saturated rings. The van der Waals surface area contributed by atoms with Gasteiger partial charge in [0.25, 0.3) is 0 Å². The SMILES string of the molecule is O=C1OC(=O)N(Cc2ccccc2)C1C1CCCCC1. The molecule has 106 valence electrons. The third-order valence-electron chi connectivity index (χ3n) is 4.29. The molecule has 1 aromatic rings. The number of cyclic esters (lactones) is 2. The van der Waals surface area contributed by atoms with Crippen LogP contribution in [0.1, 0.15) is 37.7 Å². The van der Waals surface area contributed by atoms with Crippen molar-refractivity contribution in [3.63, 3.8) is 0 Å². The van der Waals surface area contributed by atoms with E-state index in [9.17, 15) is 9.59 Å². The van der Waals surface area contributed by atoms with Gasteiger partial charge >= 0.3 is 12.1 Å². The van der Waals surface area contributed by atoms with Gasteiger partial charge in [0.15, 0.2) is 0 Å². The molecule has 1 saturated heterocycles. The molecule has 1 aromatic carbocycles. The Hall–Kier alpha value is -1.84. The third-order valence-corrected chi connectivity index (χ3v) is 4.29. The normalized spacial score (nSPS) is 24.0. The van der Waals surface area contributed by atoms with E-state index in [1.54, 1.807) is 4.90 Å². The van der Waals surface area contributed by atoms with Gasteiger partial charge < -0.3 is 4.74 Å². The summed E-state index contributed by atoms with van der Waals surface area (Å²) in [5.74, 6) is -0.107. The van der Waals surface area contributed by atoms with E-state index in [2.05, 4.69) is 0 Å². The molecular weight excluding hydrogens is 254 g/mol. The van der Waals surface area contributed by atoms with Gasteiger partial charge in [-0.3, -0.25) is 4.90 Å². The Balaban J connectivity index is 1.78. The molecule has 0 N–H and O–H groups in total. The molecule has 1 amide bonds. The molecule has 3 rings (SSSR count). The highest BCUT2D eigenvalue weighted by Gasteiger charge is 2.45. The second kappa shape index (κ2) is 5.65. The van der Waals surface area contributed by atoms with Crippen LogP contribution in [-0.2, 0) is 16.1 Å². The molecule has 1 heterocycles. The first-order valence-corrected chi connectivity index (χ1v) is 7.32. The number of amides is 1. The van der Waals surface area contributed by atoms with E-state index in [4.69, 9.17) is 4.74 Å². The van der Waals surface area contributed by atoms with Gasteiger partial charge in [0.2, 0.25) is 0 Å². The summed E-state index contributed by atoms with van der Waals surface area (Å²) in [6.07, 6.45) is 5.04. The average Bonchev–Trinajstić information content (AvgIpc) is 2.75.